The summed E-state index contributed by atoms with van der Waals surface area (Å²) in [5.74, 6) is 0.978. The first-order valence-corrected chi connectivity index (χ1v) is 10.8. The van der Waals surface area contributed by atoms with E-state index in [4.69, 9.17) is 9.47 Å². The van der Waals surface area contributed by atoms with Gasteiger partial charge < -0.3 is 19.7 Å². The largest absolute Gasteiger partial charge is 0.375 e. The van der Waals surface area contributed by atoms with E-state index in [-0.39, 0.29) is 36.2 Å². The summed E-state index contributed by atoms with van der Waals surface area (Å²) < 4.78 is 11.9. The number of rotatable bonds is 5. The highest BCUT2D eigenvalue weighted by Crippen LogP contribution is 2.25. The van der Waals surface area contributed by atoms with Gasteiger partial charge in [0.1, 0.15) is 6.10 Å². The van der Waals surface area contributed by atoms with Gasteiger partial charge in [-0.3, -0.25) is 9.89 Å². The molecule has 4 rings (SSSR count). The molecule has 162 valence electrons. The Morgan fingerprint density at radius 1 is 1.07 bits per heavy atom. The van der Waals surface area contributed by atoms with E-state index >= 15 is 0 Å². The summed E-state index contributed by atoms with van der Waals surface area (Å²) in [5, 5.41) is 3.66. The van der Waals surface area contributed by atoms with E-state index in [0.29, 0.717) is 6.04 Å². The fraction of sp³-hybridized carbons (Fsp3) is 0.682. The van der Waals surface area contributed by atoms with Crippen LogP contribution >= 0.6 is 24.0 Å². The molecule has 3 aliphatic rings. The first-order chi connectivity index (χ1) is 13.8. The summed E-state index contributed by atoms with van der Waals surface area (Å²) >= 11 is 0. The normalized spacial score (nSPS) is 26.9. The second-order valence-corrected chi connectivity index (χ2v) is 8.00. The van der Waals surface area contributed by atoms with Crippen molar-refractivity contribution in [1.82, 2.24) is 15.1 Å². The molecule has 1 aromatic carbocycles. The standard InChI is InChI=1S/C22H34N4O2.HI/c1-23-22(26-13-15-28-21(17-26)20-10-7-14-27-20)24-16-19(25-11-5-6-12-25)18-8-3-2-4-9-18;/h2-4,8-9,19-21H,5-7,10-17H2,1H3,(H,23,24);1H. The van der Waals surface area contributed by atoms with Crippen molar-refractivity contribution in [3.05, 3.63) is 35.9 Å². The molecule has 0 bridgehead atoms. The lowest BCUT2D eigenvalue weighted by Crippen LogP contribution is -2.54. The van der Waals surface area contributed by atoms with Crippen molar-refractivity contribution in [3.8, 4) is 0 Å². The Morgan fingerprint density at radius 2 is 1.83 bits per heavy atom. The Hall–Kier alpha value is -0.900. The molecule has 0 radical (unpaired) electrons. The Bertz CT molecular complexity index is 633. The predicted octanol–water partition coefficient (Wildman–Crippen LogP) is 2.90. The molecule has 0 spiro atoms. The summed E-state index contributed by atoms with van der Waals surface area (Å²) in [7, 11) is 1.88. The van der Waals surface area contributed by atoms with Gasteiger partial charge in [0.15, 0.2) is 5.96 Å². The number of guanidine groups is 1. The number of nitrogens with zero attached hydrogens (tertiary/aromatic N) is 3. The van der Waals surface area contributed by atoms with Gasteiger partial charge in [-0.2, -0.15) is 0 Å². The SMILES string of the molecule is CN=C(NCC(c1ccccc1)N1CCCC1)N1CCOC(C2CCCO2)C1.I. The van der Waals surface area contributed by atoms with Gasteiger partial charge in [0.2, 0.25) is 0 Å². The molecule has 3 unspecified atom stereocenters. The van der Waals surface area contributed by atoms with Crippen molar-refractivity contribution >= 4 is 29.9 Å². The fourth-order valence-corrected chi connectivity index (χ4v) is 4.69. The fourth-order valence-electron chi connectivity index (χ4n) is 4.69. The summed E-state index contributed by atoms with van der Waals surface area (Å²) in [6, 6.07) is 11.2. The molecule has 1 aromatic rings. The summed E-state index contributed by atoms with van der Waals surface area (Å²) in [6.45, 7) is 6.56. The van der Waals surface area contributed by atoms with Gasteiger partial charge in [0.25, 0.3) is 0 Å². The second kappa shape index (κ2) is 11.5. The molecule has 3 atom stereocenters. The van der Waals surface area contributed by atoms with Crippen molar-refractivity contribution in [3.63, 3.8) is 0 Å². The lowest BCUT2D eigenvalue weighted by Gasteiger charge is -2.38. The van der Waals surface area contributed by atoms with Crippen LogP contribution in [0.25, 0.3) is 0 Å². The highest BCUT2D eigenvalue weighted by atomic mass is 127. The third kappa shape index (κ3) is 5.83. The number of nitrogens with one attached hydrogen (secondary N) is 1. The second-order valence-electron chi connectivity index (χ2n) is 8.00. The summed E-state index contributed by atoms with van der Waals surface area (Å²) in [6.07, 6.45) is 5.23. The van der Waals surface area contributed by atoms with E-state index in [1.54, 1.807) is 0 Å². The molecule has 3 heterocycles. The van der Waals surface area contributed by atoms with Crippen molar-refractivity contribution in [2.75, 3.05) is 53.0 Å². The van der Waals surface area contributed by atoms with Crippen molar-refractivity contribution < 1.29 is 9.47 Å². The maximum atomic E-state index is 6.01. The number of benzene rings is 1. The van der Waals surface area contributed by atoms with Crippen LogP contribution in [0.5, 0.6) is 0 Å². The molecule has 7 heteroatoms. The summed E-state index contributed by atoms with van der Waals surface area (Å²) in [5.41, 5.74) is 1.38. The first kappa shape index (κ1) is 22.8. The Kier molecular flexibility index (Phi) is 9.02. The molecule has 6 nitrogen and oxygen atoms in total. The van der Waals surface area contributed by atoms with Gasteiger partial charge >= 0.3 is 0 Å². The third-order valence-electron chi connectivity index (χ3n) is 6.20. The van der Waals surface area contributed by atoms with Crippen molar-refractivity contribution in [2.24, 2.45) is 4.99 Å². The van der Waals surface area contributed by atoms with Crippen molar-refractivity contribution in [2.45, 2.75) is 43.9 Å². The zero-order valence-electron chi connectivity index (χ0n) is 17.5. The van der Waals surface area contributed by atoms with Gasteiger partial charge in [-0.1, -0.05) is 30.3 Å². The lowest BCUT2D eigenvalue weighted by molar-refractivity contribution is -0.0817. The highest BCUT2D eigenvalue weighted by Gasteiger charge is 2.32. The average Bonchev–Trinajstić information content (AvgIpc) is 3.46. The maximum Gasteiger partial charge on any atom is 0.193 e. The number of morpholine rings is 1. The minimum absolute atomic E-state index is 0. The molecular formula is C22H35IN4O2. The quantitative estimate of drug-likeness (QED) is 0.372. The first-order valence-electron chi connectivity index (χ1n) is 10.8. The molecule has 3 saturated heterocycles. The van der Waals surface area contributed by atoms with Gasteiger partial charge in [-0.05, 0) is 44.3 Å². The van der Waals surface area contributed by atoms with Crippen LogP contribution in [0.2, 0.25) is 0 Å². The van der Waals surface area contributed by atoms with Crippen LogP contribution in [0.4, 0.5) is 0 Å². The van der Waals surface area contributed by atoms with Crippen molar-refractivity contribution in [1.29, 1.82) is 0 Å². The van der Waals surface area contributed by atoms with Crippen LogP contribution in [0.1, 0.15) is 37.3 Å². The molecule has 0 aromatic heterocycles. The monoisotopic (exact) mass is 514 g/mol. The van der Waals surface area contributed by atoms with Crippen LogP contribution in [-0.4, -0.2) is 81.0 Å². The smallest absolute Gasteiger partial charge is 0.193 e. The molecule has 1 N–H and O–H groups in total. The lowest BCUT2D eigenvalue weighted by atomic mass is 10.1. The highest BCUT2D eigenvalue weighted by molar-refractivity contribution is 14.0. The number of hydrogen-bond acceptors (Lipinski definition) is 4. The molecular weight excluding hydrogens is 479 g/mol. The van der Waals surface area contributed by atoms with Gasteiger partial charge in [-0.15, -0.1) is 24.0 Å². The molecule has 0 amide bonds. The maximum absolute atomic E-state index is 6.01. The van der Waals surface area contributed by atoms with E-state index in [1.165, 1.54) is 31.5 Å². The molecule has 0 aliphatic carbocycles. The van der Waals surface area contributed by atoms with Gasteiger partial charge in [0, 0.05) is 33.3 Å². The van der Waals surface area contributed by atoms with Gasteiger partial charge in [-0.25, -0.2) is 0 Å². The molecule has 29 heavy (non-hydrogen) atoms. The zero-order chi connectivity index (χ0) is 19.2. The molecule has 0 saturated carbocycles. The Balaban J connectivity index is 0.00000240. The number of likely N-dealkylation sites (tertiary alicyclic amines) is 1. The van der Waals surface area contributed by atoms with Crippen LogP contribution in [0.3, 0.4) is 0 Å². The number of aliphatic imine (C=N–C) groups is 1. The Labute approximate surface area is 192 Å². The molecule has 3 aliphatic heterocycles. The van der Waals surface area contributed by atoms with Crippen LogP contribution in [-0.2, 0) is 9.47 Å². The van der Waals surface area contributed by atoms with E-state index in [2.05, 4.69) is 50.4 Å². The van der Waals surface area contributed by atoms with E-state index in [0.717, 1.165) is 51.6 Å². The van der Waals surface area contributed by atoms with E-state index < -0.39 is 0 Å². The zero-order valence-corrected chi connectivity index (χ0v) is 19.8. The number of ether oxygens (including phenoxy) is 2. The topological polar surface area (TPSA) is 49.3 Å². The van der Waals surface area contributed by atoms with Gasteiger partial charge in [0.05, 0.1) is 18.8 Å². The van der Waals surface area contributed by atoms with E-state index in [1.807, 2.05) is 7.05 Å². The average molecular weight is 514 g/mol. The van der Waals surface area contributed by atoms with E-state index in [9.17, 15) is 0 Å². The number of hydrogen-bond donors (Lipinski definition) is 1. The minimum atomic E-state index is 0. The van der Waals surface area contributed by atoms with Crippen LogP contribution in [0.15, 0.2) is 35.3 Å². The summed E-state index contributed by atoms with van der Waals surface area (Å²) in [4.78, 5) is 9.52. The Morgan fingerprint density at radius 3 is 2.52 bits per heavy atom. The number of halogens is 1. The molecule has 3 fully saturated rings. The predicted molar refractivity (Wildman–Crippen MR) is 127 cm³/mol. The third-order valence-corrected chi connectivity index (χ3v) is 6.20. The minimum Gasteiger partial charge on any atom is -0.375 e. The van der Waals surface area contributed by atoms with Crippen LogP contribution < -0.4 is 5.32 Å². The van der Waals surface area contributed by atoms with Crippen LogP contribution in [0, 0.1) is 0 Å².